The summed E-state index contributed by atoms with van der Waals surface area (Å²) in [5.41, 5.74) is 9.06. The minimum absolute atomic E-state index is 0.833. The number of nitrogens with two attached hydrogens (primary N) is 1. The van der Waals surface area contributed by atoms with Crippen LogP contribution in [0.1, 0.15) is 12.0 Å². The maximum absolute atomic E-state index is 5.72. The summed E-state index contributed by atoms with van der Waals surface area (Å²) in [6.07, 6.45) is 1.15. The van der Waals surface area contributed by atoms with Crippen LogP contribution in [-0.4, -0.2) is 27.2 Å². The highest BCUT2D eigenvalue weighted by Gasteiger charge is 2.03. The van der Waals surface area contributed by atoms with Gasteiger partial charge in [0.25, 0.3) is 0 Å². The molecule has 15 heavy (non-hydrogen) atoms. The highest BCUT2D eigenvalue weighted by atomic mass is 15.1. The van der Waals surface area contributed by atoms with Crippen LogP contribution in [0, 0.1) is 6.92 Å². The first-order chi connectivity index (χ1) is 7.15. The molecule has 0 unspecified atom stereocenters. The Bertz CT molecular complexity index is 310. The SMILES string of the molecule is CNCCCN(C)c1ccc(N)cc1C. The summed E-state index contributed by atoms with van der Waals surface area (Å²) < 4.78 is 0. The molecule has 0 radical (unpaired) electrons. The number of benzene rings is 1. The third kappa shape index (κ3) is 3.44. The monoisotopic (exact) mass is 207 g/mol. The molecule has 3 heteroatoms. The summed E-state index contributed by atoms with van der Waals surface area (Å²) in [7, 11) is 4.10. The van der Waals surface area contributed by atoms with Crippen LogP contribution in [-0.2, 0) is 0 Å². The Balaban J connectivity index is 2.61. The molecular formula is C12H21N3. The first-order valence-corrected chi connectivity index (χ1v) is 5.37. The number of anilines is 2. The van der Waals surface area contributed by atoms with E-state index in [0.29, 0.717) is 0 Å². The van der Waals surface area contributed by atoms with E-state index in [1.54, 1.807) is 0 Å². The van der Waals surface area contributed by atoms with Crippen molar-refractivity contribution in [3.63, 3.8) is 0 Å². The Labute approximate surface area is 92.3 Å². The van der Waals surface area contributed by atoms with Crippen molar-refractivity contribution >= 4 is 11.4 Å². The molecule has 1 aromatic carbocycles. The molecule has 0 aliphatic rings. The number of nitrogen functional groups attached to an aromatic ring is 1. The maximum atomic E-state index is 5.72. The summed E-state index contributed by atoms with van der Waals surface area (Å²) >= 11 is 0. The first kappa shape index (κ1) is 11.9. The van der Waals surface area contributed by atoms with Gasteiger partial charge in [-0.05, 0) is 50.7 Å². The van der Waals surface area contributed by atoms with Crippen LogP contribution in [0.15, 0.2) is 18.2 Å². The molecule has 0 aromatic heterocycles. The van der Waals surface area contributed by atoms with Crippen LogP contribution < -0.4 is 16.0 Å². The van der Waals surface area contributed by atoms with Gasteiger partial charge in [-0.15, -0.1) is 0 Å². The molecule has 84 valence electrons. The van der Waals surface area contributed by atoms with Crippen LogP contribution in [0.4, 0.5) is 11.4 Å². The van der Waals surface area contributed by atoms with Crippen molar-refractivity contribution in [1.82, 2.24) is 5.32 Å². The highest BCUT2D eigenvalue weighted by Crippen LogP contribution is 2.21. The number of nitrogens with one attached hydrogen (secondary N) is 1. The van der Waals surface area contributed by atoms with E-state index in [1.807, 2.05) is 19.2 Å². The molecule has 0 saturated carbocycles. The molecule has 0 saturated heterocycles. The van der Waals surface area contributed by atoms with Crippen molar-refractivity contribution in [3.8, 4) is 0 Å². The number of hydrogen-bond donors (Lipinski definition) is 2. The van der Waals surface area contributed by atoms with Gasteiger partial charge >= 0.3 is 0 Å². The Kier molecular flexibility index (Phi) is 4.43. The Morgan fingerprint density at radius 3 is 2.73 bits per heavy atom. The average molecular weight is 207 g/mol. The summed E-state index contributed by atoms with van der Waals surface area (Å²) in [6, 6.07) is 6.06. The van der Waals surface area contributed by atoms with Crippen LogP contribution in [0.5, 0.6) is 0 Å². The van der Waals surface area contributed by atoms with Gasteiger partial charge in [0.15, 0.2) is 0 Å². The standard InChI is InChI=1S/C12H21N3/c1-10-9-11(13)5-6-12(10)15(3)8-4-7-14-2/h5-6,9,14H,4,7-8,13H2,1-3H3. The van der Waals surface area contributed by atoms with Crippen LogP contribution >= 0.6 is 0 Å². The van der Waals surface area contributed by atoms with Crippen LogP contribution in [0.3, 0.4) is 0 Å². The van der Waals surface area contributed by atoms with Crippen molar-refractivity contribution in [1.29, 1.82) is 0 Å². The van der Waals surface area contributed by atoms with E-state index in [0.717, 1.165) is 25.2 Å². The molecule has 0 amide bonds. The number of nitrogens with zero attached hydrogens (tertiary/aromatic N) is 1. The predicted molar refractivity (Wildman–Crippen MR) is 67.4 cm³/mol. The lowest BCUT2D eigenvalue weighted by molar-refractivity contribution is 0.712. The van der Waals surface area contributed by atoms with E-state index in [2.05, 4.69) is 30.3 Å². The van der Waals surface area contributed by atoms with E-state index < -0.39 is 0 Å². The van der Waals surface area contributed by atoms with Crippen LogP contribution in [0.2, 0.25) is 0 Å². The second kappa shape index (κ2) is 5.61. The van der Waals surface area contributed by atoms with Crippen molar-refractivity contribution in [2.45, 2.75) is 13.3 Å². The fourth-order valence-corrected chi connectivity index (χ4v) is 1.72. The lowest BCUT2D eigenvalue weighted by atomic mass is 10.1. The lowest BCUT2D eigenvalue weighted by Crippen LogP contribution is -2.22. The molecule has 0 atom stereocenters. The second-order valence-electron chi connectivity index (χ2n) is 3.92. The van der Waals surface area contributed by atoms with E-state index >= 15 is 0 Å². The molecule has 0 heterocycles. The zero-order valence-corrected chi connectivity index (χ0v) is 9.88. The second-order valence-corrected chi connectivity index (χ2v) is 3.92. The number of rotatable bonds is 5. The minimum atomic E-state index is 0.833. The summed E-state index contributed by atoms with van der Waals surface area (Å²) in [5.74, 6) is 0. The van der Waals surface area contributed by atoms with E-state index in [4.69, 9.17) is 5.73 Å². The highest BCUT2D eigenvalue weighted by molar-refractivity contribution is 5.58. The van der Waals surface area contributed by atoms with Crippen molar-refractivity contribution < 1.29 is 0 Å². The molecule has 0 spiro atoms. The van der Waals surface area contributed by atoms with Crippen molar-refractivity contribution in [2.24, 2.45) is 0 Å². The van der Waals surface area contributed by atoms with E-state index in [9.17, 15) is 0 Å². The minimum Gasteiger partial charge on any atom is -0.399 e. The first-order valence-electron chi connectivity index (χ1n) is 5.37. The van der Waals surface area contributed by atoms with E-state index in [1.165, 1.54) is 11.3 Å². The normalized spacial score (nSPS) is 10.3. The summed E-state index contributed by atoms with van der Waals surface area (Å²) in [5, 5.41) is 3.15. The molecule has 3 N–H and O–H groups in total. The van der Waals surface area contributed by atoms with Gasteiger partial charge in [-0.3, -0.25) is 0 Å². The summed E-state index contributed by atoms with van der Waals surface area (Å²) in [6.45, 7) is 4.21. The molecule has 0 aliphatic carbocycles. The van der Waals surface area contributed by atoms with Crippen LogP contribution in [0.25, 0.3) is 0 Å². The molecule has 1 rings (SSSR count). The molecule has 1 aromatic rings. The fraction of sp³-hybridized carbons (Fsp3) is 0.500. The molecule has 0 bridgehead atoms. The molecule has 0 fully saturated rings. The van der Waals surface area contributed by atoms with Crippen molar-refractivity contribution in [3.05, 3.63) is 23.8 Å². The average Bonchev–Trinajstić information content (AvgIpc) is 2.17. The predicted octanol–water partition coefficient (Wildman–Crippen LogP) is 1.62. The van der Waals surface area contributed by atoms with Gasteiger partial charge in [0.1, 0.15) is 0 Å². The smallest absolute Gasteiger partial charge is 0.0394 e. The fourth-order valence-electron chi connectivity index (χ4n) is 1.72. The van der Waals surface area contributed by atoms with Gasteiger partial charge in [-0.25, -0.2) is 0 Å². The largest absolute Gasteiger partial charge is 0.399 e. The van der Waals surface area contributed by atoms with Gasteiger partial charge in [-0.1, -0.05) is 0 Å². The van der Waals surface area contributed by atoms with Gasteiger partial charge in [0.05, 0.1) is 0 Å². The zero-order valence-electron chi connectivity index (χ0n) is 9.88. The quantitative estimate of drug-likeness (QED) is 0.569. The maximum Gasteiger partial charge on any atom is 0.0394 e. The third-order valence-corrected chi connectivity index (χ3v) is 2.55. The number of aryl methyl sites for hydroxylation is 1. The van der Waals surface area contributed by atoms with Crippen molar-refractivity contribution in [2.75, 3.05) is 37.8 Å². The number of hydrogen-bond acceptors (Lipinski definition) is 3. The van der Waals surface area contributed by atoms with Gasteiger partial charge < -0.3 is 16.0 Å². The summed E-state index contributed by atoms with van der Waals surface area (Å²) in [4.78, 5) is 2.27. The van der Waals surface area contributed by atoms with Gasteiger partial charge in [0, 0.05) is 25.0 Å². The molecule has 3 nitrogen and oxygen atoms in total. The zero-order chi connectivity index (χ0) is 11.3. The van der Waals surface area contributed by atoms with Gasteiger partial charge in [-0.2, -0.15) is 0 Å². The molecule has 0 aliphatic heterocycles. The lowest BCUT2D eigenvalue weighted by Gasteiger charge is -2.21. The molecular weight excluding hydrogens is 186 g/mol. The van der Waals surface area contributed by atoms with Gasteiger partial charge in [0.2, 0.25) is 0 Å². The Morgan fingerprint density at radius 1 is 1.40 bits per heavy atom. The third-order valence-electron chi connectivity index (χ3n) is 2.55. The Morgan fingerprint density at radius 2 is 2.13 bits per heavy atom. The topological polar surface area (TPSA) is 41.3 Å². The Hall–Kier alpha value is -1.22. The van der Waals surface area contributed by atoms with E-state index in [-0.39, 0.29) is 0 Å².